The fourth-order valence-corrected chi connectivity index (χ4v) is 3.02. The van der Waals surface area contributed by atoms with E-state index in [-0.39, 0.29) is 30.5 Å². The van der Waals surface area contributed by atoms with Crippen LogP contribution in [0.15, 0.2) is 28.7 Å². The zero-order valence-electron chi connectivity index (χ0n) is 16.7. The Morgan fingerprint density at radius 1 is 1.17 bits per heavy atom. The van der Waals surface area contributed by atoms with Crippen LogP contribution in [0.1, 0.15) is 39.5 Å². The number of carbonyl (C=O) groups excluding carboxylic acids is 2. The minimum Gasteiger partial charge on any atom is -0.455 e. The molecule has 1 amide bonds. The molecule has 3 rings (SSSR count). The number of hydrogen-bond acceptors (Lipinski definition) is 7. The third-order valence-corrected chi connectivity index (χ3v) is 4.63. The van der Waals surface area contributed by atoms with Gasteiger partial charge < -0.3 is 18.8 Å². The summed E-state index contributed by atoms with van der Waals surface area (Å²) in [4.78, 5) is 26.0. The van der Waals surface area contributed by atoms with E-state index >= 15 is 0 Å². The van der Waals surface area contributed by atoms with Crippen molar-refractivity contribution in [3.8, 4) is 11.5 Å². The van der Waals surface area contributed by atoms with Gasteiger partial charge in [0.2, 0.25) is 5.89 Å². The van der Waals surface area contributed by atoms with Gasteiger partial charge in [0.05, 0.1) is 5.92 Å². The molecular weight excluding hydrogens is 398 g/mol. The predicted molar refractivity (Wildman–Crippen MR) is 105 cm³/mol. The molecule has 0 unspecified atom stereocenters. The van der Waals surface area contributed by atoms with Crippen LogP contribution in [0.25, 0.3) is 11.5 Å². The zero-order valence-corrected chi connectivity index (χ0v) is 17.4. The summed E-state index contributed by atoms with van der Waals surface area (Å²) in [7, 11) is 0. The lowest BCUT2D eigenvalue weighted by molar-refractivity contribution is -0.152. The Balaban J connectivity index is 1.46. The number of esters is 1. The largest absolute Gasteiger partial charge is 0.455 e. The molecule has 0 N–H and O–H groups in total. The van der Waals surface area contributed by atoms with Gasteiger partial charge in [0.15, 0.2) is 6.61 Å². The fourth-order valence-electron chi connectivity index (χ4n) is 2.90. The molecule has 0 spiro atoms. The Morgan fingerprint density at radius 3 is 2.45 bits per heavy atom. The molecule has 1 aromatic heterocycles. The molecule has 29 heavy (non-hydrogen) atoms. The molecule has 0 saturated carbocycles. The number of halogens is 1. The third kappa shape index (κ3) is 5.93. The van der Waals surface area contributed by atoms with E-state index in [4.69, 9.17) is 25.5 Å². The average molecular weight is 422 g/mol. The minimum atomic E-state index is -0.540. The second-order valence-electron chi connectivity index (χ2n) is 7.86. The molecule has 1 aromatic carbocycles. The van der Waals surface area contributed by atoms with E-state index in [0.717, 1.165) is 5.56 Å². The summed E-state index contributed by atoms with van der Waals surface area (Å²) in [5, 5.41) is 8.47. The number of likely N-dealkylation sites (tertiary alicyclic amines) is 1. The lowest BCUT2D eigenvalue weighted by atomic mass is 9.97. The highest BCUT2D eigenvalue weighted by atomic mass is 35.5. The molecule has 0 aliphatic carbocycles. The van der Waals surface area contributed by atoms with Crippen molar-refractivity contribution >= 4 is 23.7 Å². The highest BCUT2D eigenvalue weighted by Gasteiger charge is 2.31. The second-order valence-corrected chi connectivity index (χ2v) is 8.29. The van der Waals surface area contributed by atoms with Gasteiger partial charge in [-0.2, -0.15) is 0 Å². The molecule has 1 aliphatic rings. The molecule has 1 saturated heterocycles. The number of benzene rings is 1. The third-order valence-electron chi connectivity index (χ3n) is 4.38. The first-order valence-corrected chi connectivity index (χ1v) is 9.82. The SMILES string of the molecule is CC(C)(C)OC(=O)N1CCC(C(=O)OCc2nnc(-c3ccc(Cl)cc3)o2)CC1. The van der Waals surface area contributed by atoms with Gasteiger partial charge in [-0.15, -0.1) is 10.2 Å². The van der Waals surface area contributed by atoms with Gasteiger partial charge >= 0.3 is 12.1 Å². The maximum absolute atomic E-state index is 12.3. The van der Waals surface area contributed by atoms with E-state index in [2.05, 4.69) is 10.2 Å². The average Bonchev–Trinajstić information content (AvgIpc) is 3.14. The molecule has 0 radical (unpaired) electrons. The van der Waals surface area contributed by atoms with Crippen molar-refractivity contribution in [1.29, 1.82) is 0 Å². The molecule has 0 atom stereocenters. The smallest absolute Gasteiger partial charge is 0.410 e. The van der Waals surface area contributed by atoms with Gasteiger partial charge in [-0.3, -0.25) is 4.79 Å². The number of hydrogen-bond donors (Lipinski definition) is 0. The summed E-state index contributed by atoms with van der Waals surface area (Å²) >= 11 is 5.86. The van der Waals surface area contributed by atoms with Gasteiger partial charge in [0.25, 0.3) is 5.89 Å². The van der Waals surface area contributed by atoms with Gasteiger partial charge in [0, 0.05) is 23.7 Å². The molecule has 8 nitrogen and oxygen atoms in total. The van der Waals surface area contributed by atoms with E-state index in [1.807, 2.05) is 20.8 Å². The van der Waals surface area contributed by atoms with Crippen LogP contribution in [0.2, 0.25) is 5.02 Å². The van der Waals surface area contributed by atoms with Crippen molar-refractivity contribution in [3.63, 3.8) is 0 Å². The number of carbonyl (C=O) groups is 2. The number of nitrogens with zero attached hydrogens (tertiary/aromatic N) is 3. The van der Waals surface area contributed by atoms with Gasteiger partial charge in [-0.05, 0) is 57.9 Å². The van der Waals surface area contributed by atoms with Crippen molar-refractivity contribution in [2.75, 3.05) is 13.1 Å². The normalized spacial score (nSPS) is 15.2. The van der Waals surface area contributed by atoms with E-state index in [9.17, 15) is 9.59 Å². The van der Waals surface area contributed by atoms with Crippen LogP contribution in [-0.2, 0) is 20.9 Å². The highest BCUT2D eigenvalue weighted by Crippen LogP contribution is 2.23. The number of rotatable bonds is 4. The minimum absolute atomic E-state index is 0.0916. The van der Waals surface area contributed by atoms with Crippen molar-refractivity contribution in [3.05, 3.63) is 35.2 Å². The fraction of sp³-hybridized carbons (Fsp3) is 0.500. The summed E-state index contributed by atoms with van der Waals surface area (Å²) < 4.78 is 16.2. The van der Waals surface area contributed by atoms with Gasteiger partial charge in [-0.25, -0.2) is 4.79 Å². The molecular formula is C20H24ClN3O5. The predicted octanol–water partition coefficient (Wildman–Crippen LogP) is 4.08. The second kappa shape index (κ2) is 8.82. The number of amides is 1. The van der Waals surface area contributed by atoms with E-state index in [1.165, 1.54) is 0 Å². The maximum Gasteiger partial charge on any atom is 0.410 e. The quantitative estimate of drug-likeness (QED) is 0.686. The van der Waals surface area contributed by atoms with Crippen LogP contribution in [-0.4, -0.2) is 45.9 Å². The first-order valence-electron chi connectivity index (χ1n) is 9.44. The Hall–Kier alpha value is -2.61. The lowest BCUT2D eigenvalue weighted by Crippen LogP contribution is -2.43. The first kappa shape index (κ1) is 21.1. The van der Waals surface area contributed by atoms with Crippen LogP contribution in [0.4, 0.5) is 4.79 Å². The topological polar surface area (TPSA) is 94.8 Å². The van der Waals surface area contributed by atoms with Gasteiger partial charge in [0.1, 0.15) is 5.60 Å². The van der Waals surface area contributed by atoms with Crippen molar-refractivity contribution in [2.24, 2.45) is 5.92 Å². The summed E-state index contributed by atoms with van der Waals surface area (Å²) in [5.74, 6) is -0.0553. The Labute approximate surface area is 174 Å². The summed E-state index contributed by atoms with van der Waals surface area (Å²) in [6.07, 6.45) is 0.695. The van der Waals surface area contributed by atoms with Crippen LogP contribution in [0, 0.1) is 5.92 Å². The van der Waals surface area contributed by atoms with Crippen molar-refractivity contribution in [2.45, 2.75) is 45.8 Å². The summed E-state index contributed by atoms with van der Waals surface area (Å²) in [6, 6.07) is 6.99. The summed E-state index contributed by atoms with van der Waals surface area (Å²) in [5.41, 5.74) is 0.191. The molecule has 1 aliphatic heterocycles. The van der Waals surface area contributed by atoms with Crippen LogP contribution < -0.4 is 0 Å². The lowest BCUT2D eigenvalue weighted by Gasteiger charge is -2.32. The molecule has 156 valence electrons. The maximum atomic E-state index is 12.3. The Kier molecular flexibility index (Phi) is 6.42. The van der Waals surface area contributed by atoms with Crippen LogP contribution in [0.3, 0.4) is 0 Å². The van der Waals surface area contributed by atoms with Gasteiger partial charge in [-0.1, -0.05) is 11.6 Å². The van der Waals surface area contributed by atoms with E-state index in [0.29, 0.717) is 36.8 Å². The standard InChI is InChI=1S/C20H24ClN3O5/c1-20(2,3)29-19(26)24-10-8-14(9-11-24)18(25)27-12-16-22-23-17(28-16)13-4-6-15(21)7-5-13/h4-7,14H,8-12H2,1-3H3. The number of aromatic nitrogens is 2. The zero-order chi connectivity index (χ0) is 21.0. The Morgan fingerprint density at radius 2 is 1.83 bits per heavy atom. The Bertz CT molecular complexity index is 852. The molecule has 9 heteroatoms. The molecule has 0 bridgehead atoms. The van der Waals surface area contributed by atoms with Crippen molar-refractivity contribution in [1.82, 2.24) is 15.1 Å². The van der Waals surface area contributed by atoms with E-state index < -0.39 is 5.60 Å². The summed E-state index contributed by atoms with van der Waals surface area (Å²) in [6.45, 7) is 6.29. The monoisotopic (exact) mass is 421 g/mol. The molecule has 2 aromatic rings. The van der Waals surface area contributed by atoms with E-state index in [1.54, 1.807) is 29.2 Å². The van der Waals surface area contributed by atoms with Crippen LogP contribution in [0.5, 0.6) is 0 Å². The highest BCUT2D eigenvalue weighted by molar-refractivity contribution is 6.30. The number of ether oxygens (including phenoxy) is 2. The van der Waals surface area contributed by atoms with Crippen LogP contribution >= 0.6 is 11.6 Å². The molecule has 2 heterocycles. The number of piperidine rings is 1. The molecule has 1 fully saturated rings. The van der Waals surface area contributed by atoms with Crippen molar-refractivity contribution < 1.29 is 23.5 Å². The first-order chi connectivity index (χ1) is 13.7.